The fourth-order valence-electron chi connectivity index (χ4n) is 1.26. The standard InChI is InChI=1S/C11H16N2O2/c1-9-10(5-4-7-12-9)11(15)13-6-2-3-8-14/h4-5,7,14H,2-3,6,8H2,1H3,(H,13,15). The van der Waals surface area contributed by atoms with E-state index in [0.29, 0.717) is 18.5 Å². The molecule has 1 aromatic rings. The van der Waals surface area contributed by atoms with Gasteiger partial charge in [-0.1, -0.05) is 0 Å². The molecule has 0 radical (unpaired) electrons. The predicted molar refractivity (Wildman–Crippen MR) is 57.6 cm³/mol. The third-order valence-corrected chi connectivity index (χ3v) is 2.12. The highest BCUT2D eigenvalue weighted by Crippen LogP contribution is 2.02. The van der Waals surface area contributed by atoms with Crippen LogP contribution in [0, 0.1) is 6.92 Å². The van der Waals surface area contributed by atoms with Crippen molar-refractivity contribution in [3.63, 3.8) is 0 Å². The number of hydrogen-bond donors (Lipinski definition) is 2. The number of carbonyl (C=O) groups is 1. The van der Waals surface area contributed by atoms with Gasteiger partial charge in [-0.25, -0.2) is 0 Å². The minimum atomic E-state index is -0.0986. The van der Waals surface area contributed by atoms with Crippen molar-refractivity contribution < 1.29 is 9.90 Å². The van der Waals surface area contributed by atoms with Crippen LogP contribution in [-0.2, 0) is 0 Å². The number of carbonyl (C=O) groups excluding carboxylic acids is 1. The first-order chi connectivity index (χ1) is 7.25. The smallest absolute Gasteiger partial charge is 0.253 e. The number of nitrogens with zero attached hydrogens (tertiary/aromatic N) is 1. The van der Waals surface area contributed by atoms with E-state index in [2.05, 4.69) is 10.3 Å². The van der Waals surface area contributed by atoms with Gasteiger partial charge >= 0.3 is 0 Å². The van der Waals surface area contributed by atoms with Crippen LogP contribution in [0.5, 0.6) is 0 Å². The maximum Gasteiger partial charge on any atom is 0.253 e. The summed E-state index contributed by atoms with van der Waals surface area (Å²) in [5.41, 5.74) is 1.35. The lowest BCUT2D eigenvalue weighted by atomic mass is 10.2. The zero-order valence-electron chi connectivity index (χ0n) is 8.86. The number of aliphatic hydroxyl groups excluding tert-OH is 1. The second-order valence-electron chi connectivity index (χ2n) is 3.32. The zero-order valence-corrected chi connectivity index (χ0v) is 8.86. The van der Waals surface area contributed by atoms with Crippen LogP contribution in [0.3, 0.4) is 0 Å². The molecule has 0 bridgehead atoms. The Labute approximate surface area is 89.3 Å². The van der Waals surface area contributed by atoms with Gasteiger partial charge in [0.15, 0.2) is 0 Å². The number of hydrogen-bond acceptors (Lipinski definition) is 3. The molecule has 1 amide bonds. The van der Waals surface area contributed by atoms with E-state index < -0.39 is 0 Å². The Balaban J connectivity index is 2.44. The van der Waals surface area contributed by atoms with Gasteiger partial charge in [0.25, 0.3) is 5.91 Å². The highest BCUT2D eigenvalue weighted by atomic mass is 16.2. The molecule has 1 aromatic heterocycles. The van der Waals surface area contributed by atoms with Gasteiger partial charge < -0.3 is 10.4 Å². The molecule has 2 N–H and O–H groups in total. The van der Waals surface area contributed by atoms with Crippen molar-refractivity contribution in [2.45, 2.75) is 19.8 Å². The molecular weight excluding hydrogens is 192 g/mol. The number of rotatable bonds is 5. The number of aromatic nitrogens is 1. The van der Waals surface area contributed by atoms with E-state index in [1.165, 1.54) is 0 Å². The molecule has 4 heteroatoms. The Kier molecular flexibility index (Phi) is 4.77. The lowest BCUT2D eigenvalue weighted by molar-refractivity contribution is 0.0951. The number of pyridine rings is 1. The summed E-state index contributed by atoms with van der Waals surface area (Å²) in [5.74, 6) is -0.0986. The van der Waals surface area contributed by atoms with Crippen LogP contribution in [-0.4, -0.2) is 29.1 Å². The van der Waals surface area contributed by atoms with E-state index in [-0.39, 0.29) is 12.5 Å². The van der Waals surface area contributed by atoms with E-state index in [1.807, 2.05) is 6.92 Å². The van der Waals surface area contributed by atoms with Crippen LogP contribution in [0.2, 0.25) is 0 Å². The fourth-order valence-corrected chi connectivity index (χ4v) is 1.26. The zero-order chi connectivity index (χ0) is 11.1. The van der Waals surface area contributed by atoms with Gasteiger partial charge in [-0.2, -0.15) is 0 Å². The monoisotopic (exact) mass is 208 g/mol. The first kappa shape index (κ1) is 11.7. The van der Waals surface area contributed by atoms with Crippen molar-refractivity contribution in [3.05, 3.63) is 29.6 Å². The summed E-state index contributed by atoms with van der Waals surface area (Å²) in [6, 6.07) is 3.50. The van der Waals surface area contributed by atoms with Gasteiger partial charge in [-0.15, -0.1) is 0 Å². The molecule has 4 nitrogen and oxygen atoms in total. The summed E-state index contributed by atoms with van der Waals surface area (Å²) >= 11 is 0. The average Bonchev–Trinajstić information content (AvgIpc) is 2.25. The largest absolute Gasteiger partial charge is 0.396 e. The van der Waals surface area contributed by atoms with Crippen LogP contribution in [0.25, 0.3) is 0 Å². The summed E-state index contributed by atoms with van der Waals surface area (Å²) < 4.78 is 0. The third kappa shape index (κ3) is 3.67. The Morgan fingerprint density at radius 3 is 3.00 bits per heavy atom. The first-order valence-electron chi connectivity index (χ1n) is 5.06. The molecule has 15 heavy (non-hydrogen) atoms. The molecule has 1 rings (SSSR count). The minimum absolute atomic E-state index is 0.0986. The van der Waals surface area contributed by atoms with Crippen molar-refractivity contribution in [2.75, 3.05) is 13.2 Å². The number of aliphatic hydroxyl groups is 1. The molecule has 0 spiro atoms. The number of aryl methyl sites for hydroxylation is 1. The van der Waals surface area contributed by atoms with Crippen LogP contribution in [0.1, 0.15) is 28.9 Å². The average molecular weight is 208 g/mol. The molecule has 0 aromatic carbocycles. The van der Waals surface area contributed by atoms with Gasteiger partial charge in [0.05, 0.1) is 5.56 Å². The maximum absolute atomic E-state index is 11.6. The summed E-state index contributed by atoms with van der Waals surface area (Å²) in [7, 11) is 0. The summed E-state index contributed by atoms with van der Waals surface area (Å²) in [4.78, 5) is 15.7. The summed E-state index contributed by atoms with van der Waals surface area (Å²) in [6.45, 7) is 2.57. The fraction of sp³-hybridized carbons (Fsp3) is 0.455. The number of nitrogens with one attached hydrogen (secondary N) is 1. The quantitative estimate of drug-likeness (QED) is 0.706. The van der Waals surface area contributed by atoms with Crippen LogP contribution < -0.4 is 5.32 Å². The minimum Gasteiger partial charge on any atom is -0.396 e. The van der Waals surface area contributed by atoms with Gasteiger partial charge in [0.1, 0.15) is 0 Å². The molecule has 1 heterocycles. The molecule has 0 aliphatic carbocycles. The molecule has 0 aliphatic heterocycles. The summed E-state index contributed by atoms with van der Waals surface area (Å²) in [5, 5.41) is 11.4. The van der Waals surface area contributed by atoms with Crippen LogP contribution in [0.15, 0.2) is 18.3 Å². The van der Waals surface area contributed by atoms with Crippen molar-refractivity contribution in [1.82, 2.24) is 10.3 Å². The predicted octanol–water partition coefficient (Wildman–Crippen LogP) is 0.892. The molecular formula is C11H16N2O2. The Bertz CT molecular complexity index is 326. The molecule has 0 saturated carbocycles. The van der Waals surface area contributed by atoms with E-state index >= 15 is 0 Å². The molecule has 0 saturated heterocycles. The van der Waals surface area contributed by atoms with Gasteiger partial charge in [0.2, 0.25) is 0 Å². The highest BCUT2D eigenvalue weighted by Gasteiger charge is 2.07. The number of amides is 1. The molecule has 0 atom stereocenters. The van der Waals surface area contributed by atoms with E-state index in [9.17, 15) is 4.79 Å². The second kappa shape index (κ2) is 6.14. The lowest BCUT2D eigenvalue weighted by Gasteiger charge is -2.05. The maximum atomic E-state index is 11.6. The third-order valence-electron chi connectivity index (χ3n) is 2.12. The van der Waals surface area contributed by atoms with Crippen molar-refractivity contribution in [3.8, 4) is 0 Å². The van der Waals surface area contributed by atoms with Crippen LogP contribution in [0.4, 0.5) is 0 Å². The molecule has 0 fully saturated rings. The normalized spacial score (nSPS) is 10.0. The van der Waals surface area contributed by atoms with Gasteiger partial charge in [0, 0.05) is 25.0 Å². The Morgan fingerprint density at radius 2 is 2.33 bits per heavy atom. The van der Waals surface area contributed by atoms with Crippen molar-refractivity contribution in [1.29, 1.82) is 0 Å². The highest BCUT2D eigenvalue weighted by molar-refractivity contribution is 5.95. The first-order valence-corrected chi connectivity index (χ1v) is 5.06. The van der Waals surface area contributed by atoms with E-state index in [4.69, 9.17) is 5.11 Å². The number of unbranched alkanes of at least 4 members (excludes halogenated alkanes) is 1. The van der Waals surface area contributed by atoms with E-state index in [1.54, 1.807) is 18.3 Å². The summed E-state index contributed by atoms with van der Waals surface area (Å²) in [6.07, 6.45) is 3.17. The SMILES string of the molecule is Cc1ncccc1C(=O)NCCCCO. The second-order valence-corrected chi connectivity index (χ2v) is 3.32. The Morgan fingerprint density at radius 1 is 1.53 bits per heavy atom. The molecule has 0 unspecified atom stereocenters. The van der Waals surface area contributed by atoms with Gasteiger partial charge in [-0.3, -0.25) is 9.78 Å². The molecule has 82 valence electrons. The Hall–Kier alpha value is -1.42. The van der Waals surface area contributed by atoms with E-state index in [0.717, 1.165) is 12.1 Å². The van der Waals surface area contributed by atoms with Crippen molar-refractivity contribution in [2.24, 2.45) is 0 Å². The van der Waals surface area contributed by atoms with Gasteiger partial charge in [-0.05, 0) is 31.9 Å². The molecule has 0 aliphatic rings. The topological polar surface area (TPSA) is 62.2 Å². The lowest BCUT2D eigenvalue weighted by Crippen LogP contribution is -2.25. The van der Waals surface area contributed by atoms with Crippen molar-refractivity contribution >= 4 is 5.91 Å². The van der Waals surface area contributed by atoms with Crippen LogP contribution >= 0.6 is 0 Å².